The van der Waals surface area contributed by atoms with E-state index in [2.05, 4.69) is 15.4 Å². The van der Waals surface area contributed by atoms with Crippen molar-refractivity contribution in [1.82, 2.24) is 20.2 Å². The Labute approximate surface area is 104 Å². The van der Waals surface area contributed by atoms with E-state index in [4.69, 9.17) is 10.5 Å². The molecule has 1 heterocycles. The molecule has 7 heteroatoms. The highest BCUT2D eigenvalue weighted by Crippen LogP contribution is 2.19. The Balaban J connectivity index is 2.11. The summed E-state index contributed by atoms with van der Waals surface area (Å²) >= 11 is 0. The molecule has 1 aromatic carbocycles. The molecule has 18 heavy (non-hydrogen) atoms. The highest BCUT2D eigenvalue weighted by Gasteiger charge is 2.15. The quantitative estimate of drug-likeness (QED) is 0.840. The zero-order chi connectivity index (χ0) is 12.8. The van der Waals surface area contributed by atoms with Crippen molar-refractivity contribution < 1.29 is 9.53 Å². The number of carbonyl (C=O) groups excluding carboxylic acids is 1. The lowest BCUT2D eigenvalue weighted by molar-refractivity contribution is 0.149. The minimum atomic E-state index is -0.784. The summed E-state index contributed by atoms with van der Waals surface area (Å²) in [6, 6.07) is 9.56. The lowest BCUT2D eigenvalue weighted by atomic mass is 10.1. The third-order valence-corrected chi connectivity index (χ3v) is 2.46. The number of hydrogen-bond donors (Lipinski definition) is 1. The second-order valence-electron chi connectivity index (χ2n) is 3.64. The smallest absolute Gasteiger partial charge is 0.404 e. The number of ether oxygens (including phenoxy) is 1. The maximum atomic E-state index is 10.6. The third-order valence-electron chi connectivity index (χ3n) is 2.46. The van der Waals surface area contributed by atoms with Crippen LogP contribution in [-0.4, -0.2) is 32.9 Å². The van der Waals surface area contributed by atoms with Crippen molar-refractivity contribution in [2.24, 2.45) is 5.73 Å². The molecule has 2 aromatic rings. The molecule has 7 nitrogen and oxygen atoms in total. The summed E-state index contributed by atoms with van der Waals surface area (Å²) in [4.78, 5) is 12.0. The largest absolute Gasteiger partial charge is 0.450 e. The number of aromatic nitrogens is 4. The van der Waals surface area contributed by atoms with Crippen LogP contribution in [0.25, 0.3) is 0 Å². The SMILES string of the molecule is NC(=O)OCCC(c1ccccc1)n1ncnn1. The Kier molecular flexibility index (Phi) is 3.85. The standard InChI is InChI=1S/C11H13N5O2/c12-11(17)18-7-6-10(16-14-8-13-15-16)9-4-2-1-3-5-9/h1-5,8,10H,6-7H2,(H2,12,17). The molecular formula is C11H13N5O2. The molecule has 0 fully saturated rings. The third kappa shape index (κ3) is 3.03. The van der Waals surface area contributed by atoms with Gasteiger partial charge in [0.1, 0.15) is 6.04 Å². The molecule has 1 aromatic heterocycles. The Hall–Kier alpha value is -2.44. The maximum absolute atomic E-state index is 10.6. The molecule has 1 amide bonds. The van der Waals surface area contributed by atoms with Gasteiger partial charge in [-0.3, -0.25) is 0 Å². The fraction of sp³-hybridized carbons (Fsp3) is 0.273. The fourth-order valence-electron chi connectivity index (χ4n) is 1.68. The van der Waals surface area contributed by atoms with E-state index in [1.54, 1.807) is 0 Å². The number of tetrazole rings is 1. The van der Waals surface area contributed by atoms with E-state index in [1.165, 1.54) is 11.1 Å². The molecule has 0 saturated heterocycles. The van der Waals surface area contributed by atoms with Crippen LogP contribution in [0.5, 0.6) is 0 Å². The molecule has 2 rings (SSSR count). The summed E-state index contributed by atoms with van der Waals surface area (Å²) in [5, 5.41) is 11.6. The molecule has 0 aliphatic rings. The molecule has 0 aliphatic heterocycles. The first-order chi connectivity index (χ1) is 8.77. The monoisotopic (exact) mass is 247 g/mol. The number of amides is 1. The number of nitrogens with zero attached hydrogens (tertiary/aromatic N) is 4. The van der Waals surface area contributed by atoms with Gasteiger partial charge in [-0.1, -0.05) is 30.3 Å². The highest BCUT2D eigenvalue weighted by atomic mass is 16.5. The van der Waals surface area contributed by atoms with Crippen LogP contribution in [0.4, 0.5) is 4.79 Å². The van der Waals surface area contributed by atoms with Crippen molar-refractivity contribution in [3.63, 3.8) is 0 Å². The van der Waals surface area contributed by atoms with Crippen molar-refractivity contribution in [2.75, 3.05) is 6.61 Å². The summed E-state index contributed by atoms with van der Waals surface area (Å²) in [5.41, 5.74) is 5.94. The first-order valence-corrected chi connectivity index (χ1v) is 5.47. The number of rotatable bonds is 5. The van der Waals surface area contributed by atoms with Crippen LogP contribution in [0.3, 0.4) is 0 Å². The molecule has 0 aliphatic carbocycles. The van der Waals surface area contributed by atoms with Crippen LogP contribution in [0.1, 0.15) is 18.0 Å². The van der Waals surface area contributed by atoms with Gasteiger partial charge in [-0.05, 0) is 10.8 Å². The van der Waals surface area contributed by atoms with Gasteiger partial charge < -0.3 is 10.5 Å². The molecule has 94 valence electrons. The number of carbonyl (C=O) groups is 1. The molecule has 1 unspecified atom stereocenters. The van der Waals surface area contributed by atoms with Crippen molar-refractivity contribution in [3.8, 4) is 0 Å². The van der Waals surface area contributed by atoms with E-state index >= 15 is 0 Å². The van der Waals surface area contributed by atoms with Crippen molar-refractivity contribution in [1.29, 1.82) is 0 Å². The number of hydrogen-bond acceptors (Lipinski definition) is 5. The number of benzene rings is 1. The van der Waals surface area contributed by atoms with Crippen LogP contribution in [0, 0.1) is 0 Å². The van der Waals surface area contributed by atoms with Crippen molar-refractivity contribution in [3.05, 3.63) is 42.2 Å². The van der Waals surface area contributed by atoms with E-state index in [1.807, 2.05) is 30.3 Å². The maximum Gasteiger partial charge on any atom is 0.404 e. The zero-order valence-electron chi connectivity index (χ0n) is 9.64. The number of primary amides is 1. The normalized spacial score (nSPS) is 12.0. The molecule has 0 saturated carbocycles. The first kappa shape index (κ1) is 12.0. The van der Waals surface area contributed by atoms with E-state index in [-0.39, 0.29) is 12.6 Å². The lowest BCUT2D eigenvalue weighted by Crippen LogP contribution is -2.19. The van der Waals surface area contributed by atoms with Gasteiger partial charge in [0.2, 0.25) is 0 Å². The molecular weight excluding hydrogens is 234 g/mol. The Morgan fingerprint density at radius 1 is 1.39 bits per heavy atom. The molecule has 1 atom stereocenters. The summed E-state index contributed by atoms with van der Waals surface area (Å²) in [5.74, 6) is 0. The van der Waals surface area contributed by atoms with Crippen LogP contribution in [-0.2, 0) is 4.74 Å². The second kappa shape index (κ2) is 5.76. The Morgan fingerprint density at radius 2 is 2.17 bits per heavy atom. The Bertz CT molecular complexity index is 485. The number of nitrogens with two attached hydrogens (primary N) is 1. The summed E-state index contributed by atoms with van der Waals surface area (Å²) in [6.07, 6.45) is 1.11. The van der Waals surface area contributed by atoms with Gasteiger partial charge in [-0.15, -0.1) is 10.2 Å². The fourth-order valence-corrected chi connectivity index (χ4v) is 1.68. The van der Waals surface area contributed by atoms with Gasteiger partial charge in [-0.2, -0.15) is 4.80 Å². The predicted octanol–water partition coefficient (Wildman–Crippen LogP) is 0.748. The van der Waals surface area contributed by atoms with Crippen LogP contribution in [0.2, 0.25) is 0 Å². The van der Waals surface area contributed by atoms with E-state index < -0.39 is 6.09 Å². The van der Waals surface area contributed by atoms with E-state index in [0.29, 0.717) is 6.42 Å². The molecule has 0 radical (unpaired) electrons. The summed E-state index contributed by atoms with van der Waals surface area (Å²) < 4.78 is 4.74. The Morgan fingerprint density at radius 3 is 2.78 bits per heavy atom. The van der Waals surface area contributed by atoms with E-state index in [0.717, 1.165) is 5.56 Å². The summed E-state index contributed by atoms with van der Waals surface area (Å²) in [6.45, 7) is 0.205. The minimum Gasteiger partial charge on any atom is -0.450 e. The molecule has 0 spiro atoms. The van der Waals surface area contributed by atoms with Gasteiger partial charge >= 0.3 is 6.09 Å². The van der Waals surface area contributed by atoms with Gasteiger partial charge in [0.05, 0.1) is 6.61 Å². The van der Waals surface area contributed by atoms with Gasteiger partial charge in [-0.25, -0.2) is 4.79 Å². The topological polar surface area (TPSA) is 95.9 Å². The second-order valence-corrected chi connectivity index (χ2v) is 3.64. The highest BCUT2D eigenvalue weighted by molar-refractivity contribution is 5.64. The molecule has 2 N–H and O–H groups in total. The predicted molar refractivity (Wildman–Crippen MR) is 62.6 cm³/mol. The van der Waals surface area contributed by atoms with Gasteiger partial charge in [0.25, 0.3) is 0 Å². The van der Waals surface area contributed by atoms with Crippen molar-refractivity contribution >= 4 is 6.09 Å². The average molecular weight is 247 g/mol. The average Bonchev–Trinajstić information content (AvgIpc) is 2.89. The van der Waals surface area contributed by atoms with Crippen molar-refractivity contribution in [2.45, 2.75) is 12.5 Å². The zero-order valence-corrected chi connectivity index (χ0v) is 9.64. The minimum absolute atomic E-state index is 0.131. The molecule has 0 bridgehead atoms. The first-order valence-electron chi connectivity index (χ1n) is 5.47. The lowest BCUT2D eigenvalue weighted by Gasteiger charge is -2.15. The van der Waals surface area contributed by atoms with Gasteiger partial charge in [0.15, 0.2) is 6.33 Å². The van der Waals surface area contributed by atoms with Crippen LogP contribution in [0.15, 0.2) is 36.7 Å². The van der Waals surface area contributed by atoms with Crippen LogP contribution >= 0.6 is 0 Å². The van der Waals surface area contributed by atoms with Gasteiger partial charge in [0, 0.05) is 6.42 Å². The van der Waals surface area contributed by atoms with Crippen LogP contribution < -0.4 is 5.73 Å². The van der Waals surface area contributed by atoms with E-state index in [9.17, 15) is 4.79 Å². The summed E-state index contributed by atoms with van der Waals surface area (Å²) in [7, 11) is 0.